The number of piperidine rings is 1. The first-order valence-electron chi connectivity index (χ1n) is 8.46. The van der Waals surface area contributed by atoms with Crippen molar-refractivity contribution in [2.24, 2.45) is 5.92 Å². The number of halogens is 1. The van der Waals surface area contributed by atoms with Gasteiger partial charge in [0, 0.05) is 24.8 Å². The molecule has 0 bridgehead atoms. The van der Waals surface area contributed by atoms with Crippen LogP contribution in [0.1, 0.15) is 24.5 Å². The summed E-state index contributed by atoms with van der Waals surface area (Å²) in [7, 11) is 0. The molecule has 0 spiro atoms. The molecule has 3 rings (SSSR count). The lowest BCUT2D eigenvalue weighted by Gasteiger charge is -2.33. The molecule has 1 N–H and O–H groups in total. The minimum absolute atomic E-state index is 0.124. The summed E-state index contributed by atoms with van der Waals surface area (Å²) in [4.78, 5) is 18.2. The second-order valence-corrected chi connectivity index (χ2v) is 6.47. The molecule has 25 heavy (non-hydrogen) atoms. The number of aryl methyl sites for hydroxylation is 1. The van der Waals surface area contributed by atoms with E-state index in [-0.39, 0.29) is 17.8 Å². The number of carbonyl (C=O) groups is 1. The molecule has 5 heteroatoms. The molecule has 2 heterocycles. The highest BCUT2D eigenvalue weighted by Crippen LogP contribution is 2.26. The second kappa shape index (κ2) is 7.47. The van der Waals surface area contributed by atoms with Crippen molar-refractivity contribution in [1.82, 2.24) is 9.88 Å². The third kappa shape index (κ3) is 4.05. The van der Waals surface area contributed by atoms with E-state index in [1.54, 1.807) is 42.4 Å². The average molecular weight is 339 g/mol. The van der Waals surface area contributed by atoms with E-state index >= 15 is 0 Å². The van der Waals surface area contributed by atoms with Crippen molar-refractivity contribution < 1.29 is 9.18 Å². The topological polar surface area (TPSA) is 45.2 Å². The molecule has 0 radical (unpaired) electrons. The molecule has 130 valence electrons. The number of urea groups is 1. The van der Waals surface area contributed by atoms with Gasteiger partial charge in [-0.15, -0.1) is 0 Å². The number of rotatable bonds is 2. The summed E-state index contributed by atoms with van der Waals surface area (Å²) in [6, 6.07) is 8.90. The van der Waals surface area contributed by atoms with Gasteiger partial charge >= 0.3 is 6.03 Å². The Labute approximate surface area is 147 Å². The van der Waals surface area contributed by atoms with Crippen molar-refractivity contribution in [3.8, 4) is 0 Å². The number of nitrogens with one attached hydrogen (secondary N) is 1. The van der Waals surface area contributed by atoms with Crippen molar-refractivity contribution >= 4 is 17.8 Å². The molecule has 2 amide bonds. The maximum atomic E-state index is 14.2. The van der Waals surface area contributed by atoms with Gasteiger partial charge in [0.25, 0.3) is 0 Å². The fourth-order valence-electron chi connectivity index (χ4n) is 3.07. The van der Waals surface area contributed by atoms with Crippen LogP contribution in [0.15, 0.2) is 48.3 Å². The lowest BCUT2D eigenvalue weighted by Crippen LogP contribution is -2.42. The van der Waals surface area contributed by atoms with E-state index in [4.69, 9.17) is 0 Å². The molecule has 1 fully saturated rings. The Morgan fingerprint density at radius 1 is 1.36 bits per heavy atom. The number of likely N-dealkylation sites (tertiary alicyclic amines) is 1. The first kappa shape index (κ1) is 17.1. The Bertz CT molecular complexity index is 789. The number of carbonyl (C=O) groups excluding carboxylic acids is 1. The molecule has 4 nitrogen and oxygen atoms in total. The van der Waals surface area contributed by atoms with Gasteiger partial charge in [-0.3, -0.25) is 4.98 Å². The van der Waals surface area contributed by atoms with Gasteiger partial charge in [-0.2, -0.15) is 0 Å². The zero-order chi connectivity index (χ0) is 17.8. The third-order valence-corrected chi connectivity index (χ3v) is 4.56. The van der Waals surface area contributed by atoms with Crippen LogP contribution >= 0.6 is 0 Å². The molecule has 1 unspecified atom stereocenters. The van der Waals surface area contributed by atoms with E-state index in [2.05, 4.69) is 17.2 Å². The van der Waals surface area contributed by atoms with Crippen LogP contribution in [-0.2, 0) is 0 Å². The van der Waals surface area contributed by atoms with E-state index in [1.165, 1.54) is 5.57 Å². The minimum atomic E-state index is -0.168. The van der Waals surface area contributed by atoms with Crippen LogP contribution in [0.4, 0.5) is 14.9 Å². The van der Waals surface area contributed by atoms with Crippen LogP contribution in [0.5, 0.6) is 0 Å². The van der Waals surface area contributed by atoms with Crippen molar-refractivity contribution in [2.75, 3.05) is 18.4 Å². The Morgan fingerprint density at radius 2 is 2.20 bits per heavy atom. The number of hydrogen-bond donors (Lipinski definition) is 1. The van der Waals surface area contributed by atoms with Gasteiger partial charge < -0.3 is 10.2 Å². The third-order valence-electron chi connectivity index (χ3n) is 4.56. The Morgan fingerprint density at radius 3 is 2.92 bits per heavy atom. The van der Waals surface area contributed by atoms with Crippen LogP contribution in [0, 0.1) is 18.7 Å². The Hall–Kier alpha value is -2.69. The van der Waals surface area contributed by atoms with Crippen LogP contribution in [0.2, 0.25) is 0 Å². The van der Waals surface area contributed by atoms with Crippen LogP contribution in [-0.4, -0.2) is 29.0 Å². The molecule has 1 atom stereocenters. The first-order valence-corrected chi connectivity index (χ1v) is 8.46. The molecule has 1 aromatic carbocycles. The van der Waals surface area contributed by atoms with E-state index in [9.17, 15) is 9.18 Å². The Balaban J connectivity index is 1.67. The number of benzene rings is 1. The summed E-state index contributed by atoms with van der Waals surface area (Å²) in [6.45, 7) is 5.08. The number of anilines is 1. The zero-order valence-electron chi connectivity index (χ0n) is 14.5. The summed E-state index contributed by atoms with van der Waals surface area (Å²) in [5, 5.41) is 2.86. The van der Waals surface area contributed by atoms with Crippen LogP contribution < -0.4 is 5.32 Å². The van der Waals surface area contributed by atoms with Gasteiger partial charge in [0.2, 0.25) is 0 Å². The highest BCUT2D eigenvalue weighted by molar-refractivity contribution is 5.89. The quantitative estimate of drug-likeness (QED) is 0.876. The number of pyridine rings is 1. The average Bonchev–Trinajstić information content (AvgIpc) is 2.61. The molecule has 1 aliphatic rings. The minimum Gasteiger partial charge on any atom is -0.324 e. The second-order valence-electron chi connectivity index (χ2n) is 6.47. The molecule has 0 saturated carbocycles. The number of nitrogens with zero attached hydrogens (tertiary/aromatic N) is 2. The predicted octanol–water partition coefficient (Wildman–Crippen LogP) is 4.49. The lowest BCUT2D eigenvalue weighted by molar-refractivity contribution is 0.198. The highest BCUT2D eigenvalue weighted by atomic mass is 19.1. The van der Waals surface area contributed by atoms with E-state index in [0.29, 0.717) is 29.9 Å². The molecular formula is C20H22FN3O. The summed E-state index contributed by atoms with van der Waals surface area (Å²) in [5.74, 6) is 0.0206. The zero-order valence-corrected chi connectivity index (χ0v) is 14.5. The predicted molar refractivity (Wildman–Crippen MR) is 97.7 cm³/mol. The lowest BCUT2D eigenvalue weighted by atomic mass is 9.91. The van der Waals surface area contributed by atoms with Gasteiger partial charge in [-0.25, -0.2) is 9.18 Å². The van der Waals surface area contributed by atoms with Crippen LogP contribution in [0.25, 0.3) is 6.08 Å². The summed E-state index contributed by atoms with van der Waals surface area (Å²) >= 11 is 0. The van der Waals surface area contributed by atoms with E-state index in [0.717, 1.165) is 6.42 Å². The molecule has 0 aliphatic carbocycles. The van der Waals surface area contributed by atoms with Crippen LogP contribution in [0.3, 0.4) is 0 Å². The number of hydrogen-bond acceptors (Lipinski definition) is 2. The highest BCUT2D eigenvalue weighted by Gasteiger charge is 2.24. The normalized spacial score (nSPS) is 19.1. The van der Waals surface area contributed by atoms with E-state index < -0.39 is 0 Å². The SMILES string of the molecule is Cc1cccc(/C=C2\CCN(C(=O)Nc3cccnc3)CC2C)c1F. The van der Waals surface area contributed by atoms with Crippen molar-refractivity contribution in [3.05, 3.63) is 65.2 Å². The van der Waals surface area contributed by atoms with Crippen molar-refractivity contribution in [3.63, 3.8) is 0 Å². The summed E-state index contributed by atoms with van der Waals surface area (Å²) < 4.78 is 14.2. The van der Waals surface area contributed by atoms with Gasteiger partial charge in [0.15, 0.2) is 0 Å². The van der Waals surface area contributed by atoms with Gasteiger partial charge in [-0.1, -0.05) is 36.8 Å². The maximum absolute atomic E-state index is 14.2. The monoisotopic (exact) mass is 339 g/mol. The van der Waals surface area contributed by atoms with Crippen molar-refractivity contribution in [1.29, 1.82) is 0 Å². The van der Waals surface area contributed by atoms with E-state index in [1.807, 2.05) is 18.2 Å². The molecule has 1 aromatic heterocycles. The summed E-state index contributed by atoms with van der Waals surface area (Å²) in [5.41, 5.74) is 3.13. The fourth-order valence-corrected chi connectivity index (χ4v) is 3.07. The Kier molecular flexibility index (Phi) is 5.12. The standard InChI is InChI=1S/C20H22FN3O/c1-14-5-3-6-17(19(14)21)11-16-8-10-24(13-15(16)2)20(25)23-18-7-4-9-22-12-18/h3-7,9,11-12,15H,8,10,13H2,1-2H3,(H,23,25)/b16-11+. The van der Waals surface area contributed by atoms with Gasteiger partial charge in [0.1, 0.15) is 5.82 Å². The maximum Gasteiger partial charge on any atom is 0.321 e. The molecule has 1 saturated heterocycles. The largest absolute Gasteiger partial charge is 0.324 e. The number of aromatic nitrogens is 1. The first-order chi connectivity index (χ1) is 12.0. The molecule has 2 aromatic rings. The fraction of sp³-hybridized carbons (Fsp3) is 0.300. The van der Waals surface area contributed by atoms with Gasteiger partial charge in [0.05, 0.1) is 11.9 Å². The summed E-state index contributed by atoms with van der Waals surface area (Å²) in [6.07, 6.45) is 5.97. The smallest absolute Gasteiger partial charge is 0.321 e. The molecule has 1 aliphatic heterocycles. The van der Waals surface area contributed by atoms with Crippen molar-refractivity contribution in [2.45, 2.75) is 20.3 Å². The molecular weight excluding hydrogens is 317 g/mol. The van der Waals surface area contributed by atoms with Gasteiger partial charge in [-0.05, 0) is 37.0 Å². The number of amides is 2.